The van der Waals surface area contributed by atoms with Gasteiger partial charge in [-0.3, -0.25) is 10.3 Å². The number of rotatable bonds is 10. The van der Waals surface area contributed by atoms with E-state index in [-0.39, 0.29) is 11.2 Å². The zero-order valence-electron chi connectivity index (χ0n) is 19.0. The van der Waals surface area contributed by atoms with Crippen LogP contribution in [0.4, 0.5) is 13.2 Å². The molecule has 1 aromatic heterocycles. The van der Waals surface area contributed by atoms with Gasteiger partial charge in [0.15, 0.2) is 0 Å². The Kier molecular flexibility index (Phi) is 7.61. The van der Waals surface area contributed by atoms with Crippen molar-refractivity contribution in [2.24, 2.45) is 0 Å². The molecule has 9 heteroatoms. The predicted molar refractivity (Wildman–Crippen MR) is 118 cm³/mol. The van der Waals surface area contributed by atoms with E-state index in [1.165, 1.54) is 12.1 Å². The quantitative estimate of drug-likeness (QED) is 0.390. The maximum absolute atomic E-state index is 13.1. The third kappa shape index (κ3) is 6.24. The van der Waals surface area contributed by atoms with Crippen LogP contribution in [0.5, 0.6) is 11.5 Å². The van der Waals surface area contributed by atoms with Gasteiger partial charge in [0.1, 0.15) is 11.5 Å². The van der Waals surface area contributed by atoms with Crippen molar-refractivity contribution in [2.45, 2.75) is 64.5 Å². The van der Waals surface area contributed by atoms with Gasteiger partial charge >= 0.3 is 6.18 Å². The highest BCUT2D eigenvalue weighted by Gasteiger charge is 2.30. The van der Waals surface area contributed by atoms with Gasteiger partial charge in [-0.25, -0.2) is 0 Å². The average molecular weight is 462 g/mol. The fourth-order valence-electron chi connectivity index (χ4n) is 3.67. The molecule has 6 nitrogen and oxygen atoms in total. The van der Waals surface area contributed by atoms with E-state index < -0.39 is 11.7 Å². The van der Waals surface area contributed by atoms with Gasteiger partial charge in [0.2, 0.25) is 0 Å². The summed E-state index contributed by atoms with van der Waals surface area (Å²) in [7, 11) is 0. The first kappa shape index (κ1) is 24.5. The lowest BCUT2D eigenvalue weighted by atomic mass is 9.86. The number of hydrogen-bond donors (Lipinski definition) is 1. The number of unbranched alkanes of at least 4 members (excludes halogenated alkanes) is 2. The number of nitrogens with zero attached hydrogens (tertiary/aromatic N) is 4. The number of tetrazole rings is 1. The zero-order chi connectivity index (χ0) is 24.1. The monoisotopic (exact) mass is 461 g/mol. The van der Waals surface area contributed by atoms with Gasteiger partial charge in [0.05, 0.1) is 12.2 Å². The van der Waals surface area contributed by atoms with Crippen molar-refractivity contribution in [3.8, 4) is 22.6 Å². The van der Waals surface area contributed by atoms with Crippen molar-refractivity contribution in [1.29, 1.82) is 0 Å². The Labute approximate surface area is 191 Å². The number of ether oxygens (including phenoxy) is 1. The van der Waals surface area contributed by atoms with Crippen LogP contribution in [-0.2, 0) is 18.0 Å². The molecule has 0 radical (unpaired) electrons. The van der Waals surface area contributed by atoms with Crippen LogP contribution in [0, 0.1) is 0 Å². The lowest BCUT2D eigenvalue weighted by Gasteiger charge is -2.24. The number of halogens is 3. The second-order valence-electron chi connectivity index (χ2n) is 8.65. The van der Waals surface area contributed by atoms with Gasteiger partial charge in [-0.15, -0.1) is 0 Å². The molecule has 0 aliphatic rings. The fraction of sp³-hybridized carbons (Fsp3) is 0.458. The number of aromatic nitrogens is 4. The Hall–Kier alpha value is -3.10. The minimum Gasteiger partial charge on any atom is -0.507 e. The van der Waals surface area contributed by atoms with Gasteiger partial charge in [0, 0.05) is 17.5 Å². The fourth-order valence-corrected chi connectivity index (χ4v) is 3.67. The second-order valence-corrected chi connectivity index (χ2v) is 8.65. The highest BCUT2D eigenvalue weighted by atomic mass is 19.4. The molecule has 3 aromatic rings. The maximum Gasteiger partial charge on any atom is 0.416 e. The van der Waals surface area contributed by atoms with E-state index in [0.29, 0.717) is 35.7 Å². The minimum atomic E-state index is -4.44. The minimum absolute atomic E-state index is 0.111. The Morgan fingerprint density at radius 1 is 1.06 bits per heavy atom. The molecule has 0 saturated heterocycles. The van der Waals surface area contributed by atoms with Crippen molar-refractivity contribution in [3.05, 3.63) is 53.3 Å². The number of aromatic hydroxyl groups is 1. The van der Waals surface area contributed by atoms with Gasteiger partial charge in [0.25, 0.3) is 0 Å². The van der Waals surface area contributed by atoms with E-state index in [1.54, 1.807) is 12.1 Å². The van der Waals surface area contributed by atoms with Crippen LogP contribution in [0.15, 0.2) is 36.4 Å². The number of aryl methyl sites for hydroxylation is 1. The molecule has 33 heavy (non-hydrogen) atoms. The highest BCUT2D eigenvalue weighted by Crippen LogP contribution is 2.38. The summed E-state index contributed by atoms with van der Waals surface area (Å²) in [5.74, 6) is 1.08. The number of benzene rings is 2. The van der Waals surface area contributed by atoms with Crippen LogP contribution in [-0.4, -0.2) is 27.2 Å². The van der Waals surface area contributed by atoms with E-state index in [1.807, 2.05) is 6.92 Å². The summed E-state index contributed by atoms with van der Waals surface area (Å²) in [6.07, 6.45) is -0.189. The third-order valence-electron chi connectivity index (χ3n) is 5.69. The van der Waals surface area contributed by atoms with Crippen molar-refractivity contribution in [2.75, 3.05) is 6.61 Å². The van der Waals surface area contributed by atoms with Crippen LogP contribution in [0.1, 0.15) is 63.4 Å². The summed E-state index contributed by atoms with van der Waals surface area (Å²) < 4.78 is 45.1. The number of phenolic OH excluding ortho intramolecular Hbond substituents is 1. The Balaban J connectivity index is 1.59. The molecule has 0 bridgehead atoms. The van der Waals surface area contributed by atoms with Gasteiger partial charge in [-0.05, 0) is 54.0 Å². The predicted octanol–water partition coefficient (Wildman–Crippen LogP) is 5.70. The smallest absolute Gasteiger partial charge is 0.416 e. The Morgan fingerprint density at radius 2 is 1.85 bits per heavy atom. The van der Waals surface area contributed by atoms with Crippen molar-refractivity contribution < 1.29 is 23.0 Å². The van der Waals surface area contributed by atoms with Crippen molar-refractivity contribution in [1.82, 2.24) is 20.6 Å². The molecule has 1 heterocycles. The molecule has 0 atom stereocenters. The number of hydrogen-bond acceptors (Lipinski definition) is 5. The van der Waals surface area contributed by atoms with Crippen LogP contribution >= 0.6 is 0 Å². The molecule has 0 spiro atoms. The molecule has 0 aliphatic heterocycles. The maximum atomic E-state index is 13.1. The summed E-state index contributed by atoms with van der Waals surface area (Å²) >= 11 is 0. The standard InChI is InChI=1S/C24H28F3N4O2/c1-4-16-14-19(17-9-8-10-18(13-17)24(25,26)27)20(32)15-21(16)33-12-7-5-6-11-23(2,3)22-28-30-31-29-22/h8-10,13-15H,4-7,11-12H2,1-3H3,(H-,28,29,30,31,32)/q-1. The molecule has 0 aliphatic carbocycles. The lowest BCUT2D eigenvalue weighted by Crippen LogP contribution is -2.20. The van der Waals surface area contributed by atoms with Crippen LogP contribution in [0.3, 0.4) is 0 Å². The van der Waals surface area contributed by atoms with Crippen molar-refractivity contribution in [3.63, 3.8) is 0 Å². The van der Waals surface area contributed by atoms with E-state index in [0.717, 1.165) is 43.4 Å². The molecule has 1 N–H and O–H groups in total. The lowest BCUT2D eigenvalue weighted by molar-refractivity contribution is -0.137. The number of phenols is 1. The van der Waals surface area contributed by atoms with Crippen LogP contribution in [0.2, 0.25) is 0 Å². The van der Waals surface area contributed by atoms with Crippen molar-refractivity contribution >= 4 is 0 Å². The summed E-state index contributed by atoms with van der Waals surface area (Å²) in [6.45, 7) is 6.53. The van der Waals surface area contributed by atoms with E-state index in [9.17, 15) is 18.3 Å². The second kappa shape index (κ2) is 10.2. The number of alkyl halides is 3. The molecular weight excluding hydrogens is 433 g/mol. The summed E-state index contributed by atoms with van der Waals surface area (Å²) in [6, 6.07) is 8.14. The van der Waals surface area contributed by atoms with E-state index >= 15 is 0 Å². The molecule has 0 saturated carbocycles. The normalized spacial score (nSPS) is 12.2. The molecule has 3 rings (SSSR count). The summed E-state index contributed by atoms with van der Waals surface area (Å²) in [5.41, 5.74) is 0.551. The molecular formula is C24H28F3N4O2-. The van der Waals surface area contributed by atoms with E-state index in [2.05, 4.69) is 34.5 Å². The van der Waals surface area contributed by atoms with Gasteiger partial charge in [-0.2, -0.15) is 18.4 Å². The first-order chi connectivity index (χ1) is 15.6. The van der Waals surface area contributed by atoms with Crippen LogP contribution in [0.25, 0.3) is 11.1 Å². The summed E-state index contributed by atoms with van der Waals surface area (Å²) in [5, 5.41) is 25.5. The SMILES string of the molecule is CCc1cc(-c2cccc(C(F)(F)F)c2)c(O)cc1OCCCCCC(C)(C)c1nnn[n-]1. The first-order valence-electron chi connectivity index (χ1n) is 11.0. The van der Waals surface area contributed by atoms with Gasteiger partial charge in [-0.1, -0.05) is 45.7 Å². The molecule has 2 aromatic carbocycles. The zero-order valence-corrected chi connectivity index (χ0v) is 19.0. The molecule has 0 fully saturated rings. The molecule has 0 unspecified atom stereocenters. The topological polar surface area (TPSA) is 82.2 Å². The molecule has 178 valence electrons. The largest absolute Gasteiger partial charge is 0.507 e. The Morgan fingerprint density at radius 3 is 2.52 bits per heavy atom. The first-order valence-corrected chi connectivity index (χ1v) is 11.0. The third-order valence-corrected chi connectivity index (χ3v) is 5.69. The Bertz CT molecular complexity index is 1050. The average Bonchev–Trinajstić information content (AvgIpc) is 3.32. The van der Waals surface area contributed by atoms with Crippen LogP contribution < -0.4 is 9.84 Å². The summed E-state index contributed by atoms with van der Waals surface area (Å²) in [4.78, 5) is 0. The van der Waals surface area contributed by atoms with Gasteiger partial charge < -0.3 is 14.9 Å². The van der Waals surface area contributed by atoms with E-state index in [4.69, 9.17) is 4.74 Å². The molecule has 0 amide bonds. The highest BCUT2D eigenvalue weighted by molar-refractivity contribution is 5.73.